The van der Waals surface area contributed by atoms with Crippen LogP contribution in [-0.2, 0) is 4.79 Å². The molecule has 0 aliphatic heterocycles. The summed E-state index contributed by atoms with van der Waals surface area (Å²) in [5.41, 5.74) is 2.72. The van der Waals surface area contributed by atoms with Gasteiger partial charge >= 0.3 is 0 Å². The quantitative estimate of drug-likeness (QED) is 0.773. The molecule has 0 spiro atoms. The first kappa shape index (κ1) is 12.4. The number of carbonyl (C=O) groups excluding carboxylic acids is 1. The number of carbonyl (C=O) groups is 1. The molecule has 100 valence electrons. The van der Waals surface area contributed by atoms with Gasteiger partial charge in [-0.15, -0.1) is 0 Å². The van der Waals surface area contributed by atoms with Gasteiger partial charge in [-0.25, -0.2) is 0 Å². The van der Waals surface area contributed by atoms with Gasteiger partial charge in [0.25, 0.3) is 0 Å². The van der Waals surface area contributed by atoms with Crippen molar-refractivity contribution in [2.45, 2.75) is 64.9 Å². The average Bonchev–Trinajstić information content (AvgIpc) is 2.66. The van der Waals surface area contributed by atoms with E-state index in [1.807, 2.05) is 0 Å². The van der Waals surface area contributed by atoms with E-state index in [1.54, 1.807) is 0 Å². The van der Waals surface area contributed by atoms with E-state index in [0.717, 1.165) is 50.5 Å². The van der Waals surface area contributed by atoms with E-state index < -0.39 is 0 Å². The maximum Gasteiger partial charge on any atom is 0.158 e. The van der Waals surface area contributed by atoms with Crippen LogP contribution < -0.4 is 0 Å². The molecule has 0 saturated heterocycles. The Labute approximate surface area is 109 Å². The van der Waals surface area contributed by atoms with Gasteiger partial charge in [0.2, 0.25) is 0 Å². The molecule has 0 heterocycles. The molecule has 1 N–H and O–H groups in total. The third-order valence-electron chi connectivity index (χ3n) is 5.99. The number of Topliss-reactive ketones (excluding diaryl/α,β-unsaturated/α-hetero) is 1. The number of ketones is 1. The number of aliphatic hydroxyl groups is 1. The van der Waals surface area contributed by atoms with E-state index in [4.69, 9.17) is 0 Å². The summed E-state index contributed by atoms with van der Waals surface area (Å²) in [6.07, 6.45) is 6.77. The number of hydrogen-bond donors (Lipinski definition) is 1. The van der Waals surface area contributed by atoms with Gasteiger partial charge in [-0.2, -0.15) is 0 Å². The van der Waals surface area contributed by atoms with Crippen molar-refractivity contribution in [1.82, 2.24) is 0 Å². The Morgan fingerprint density at radius 3 is 2.78 bits per heavy atom. The van der Waals surface area contributed by atoms with Crippen LogP contribution in [0.3, 0.4) is 0 Å². The fourth-order valence-corrected chi connectivity index (χ4v) is 4.88. The maximum absolute atomic E-state index is 12.0. The number of fused-ring (bicyclic) bond motifs is 3. The van der Waals surface area contributed by atoms with Crippen LogP contribution in [0.15, 0.2) is 11.1 Å². The number of allylic oxidation sites excluding steroid dienone is 2. The Kier molecular flexibility index (Phi) is 2.89. The highest BCUT2D eigenvalue weighted by Crippen LogP contribution is 2.58. The molecule has 2 saturated carbocycles. The predicted octanol–water partition coefficient (Wildman–Crippen LogP) is 3.24. The summed E-state index contributed by atoms with van der Waals surface area (Å²) in [7, 11) is 0. The lowest BCUT2D eigenvalue weighted by atomic mass is 9.58. The molecule has 0 aromatic heterocycles. The molecule has 3 aliphatic rings. The van der Waals surface area contributed by atoms with E-state index in [-0.39, 0.29) is 11.5 Å². The van der Waals surface area contributed by atoms with Crippen LogP contribution in [0.4, 0.5) is 0 Å². The summed E-state index contributed by atoms with van der Waals surface area (Å²) < 4.78 is 0. The lowest BCUT2D eigenvalue weighted by Crippen LogP contribution is -2.42. The first-order chi connectivity index (χ1) is 8.58. The largest absolute Gasteiger partial charge is 0.393 e. The molecule has 0 aromatic rings. The molecular formula is C16H24O2. The summed E-state index contributed by atoms with van der Waals surface area (Å²) in [5.74, 6) is 1.60. The van der Waals surface area contributed by atoms with Crippen LogP contribution in [0.25, 0.3) is 0 Å². The minimum Gasteiger partial charge on any atom is -0.393 e. The summed E-state index contributed by atoms with van der Waals surface area (Å²) in [4.78, 5) is 12.0. The van der Waals surface area contributed by atoms with Crippen LogP contribution in [0.5, 0.6) is 0 Å². The van der Waals surface area contributed by atoms with Crippen molar-refractivity contribution in [3.05, 3.63) is 11.1 Å². The molecule has 0 radical (unpaired) electrons. The molecule has 0 amide bonds. The van der Waals surface area contributed by atoms with Crippen LogP contribution in [0.2, 0.25) is 0 Å². The van der Waals surface area contributed by atoms with E-state index in [0.29, 0.717) is 17.6 Å². The Hall–Kier alpha value is -0.630. The van der Waals surface area contributed by atoms with E-state index >= 15 is 0 Å². The maximum atomic E-state index is 12.0. The first-order valence-electron chi connectivity index (χ1n) is 7.51. The highest BCUT2D eigenvalue weighted by molar-refractivity contribution is 5.97. The fourth-order valence-electron chi connectivity index (χ4n) is 4.88. The molecule has 2 nitrogen and oxygen atoms in total. The van der Waals surface area contributed by atoms with Gasteiger partial charge in [0, 0.05) is 6.42 Å². The molecule has 3 rings (SSSR count). The molecule has 0 bridgehead atoms. The molecular weight excluding hydrogens is 224 g/mol. The second kappa shape index (κ2) is 4.19. The molecule has 4 atom stereocenters. The molecule has 0 unspecified atom stereocenters. The highest BCUT2D eigenvalue weighted by atomic mass is 16.3. The normalized spacial score (nSPS) is 43.9. The van der Waals surface area contributed by atoms with Crippen LogP contribution in [0, 0.1) is 17.3 Å². The minimum atomic E-state index is -0.119. The van der Waals surface area contributed by atoms with Crippen LogP contribution in [0.1, 0.15) is 58.8 Å². The van der Waals surface area contributed by atoms with Crippen molar-refractivity contribution in [2.75, 3.05) is 0 Å². The summed E-state index contributed by atoms with van der Waals surface area (Å²) in [5, 5.41) is 10.3. The Morgan fingerprint density at radius 2 is 2.06 bits per heavy atom. The third kappa shape index (κ3) is 1.54. The Balaban J connectivity index is 1.99. The van der Waals surface area contributed by atoms with E-state index in [1.165, 1.54) is 5.57 Å². The first-order valence-corrected chi connectivity index (χ1v) is 7.51. The average molecular weight is 248 g/mol. The van der Waals surface area contributed by atoms with Gasteiger partial charge < -0.3 is 5.11 Å². The zero-order chi connectivity index (χ0) is 12.9. The molecule has 2 fully saturated rings. The van der Waals surface area contributed by atoms with Gasteiger partial charge in [-0.05, 0) is 61.3 Å². The van der Waals surface area contributed by atoms with Crippen molar-refractivity contribution in [2.24, 2.45) is 17.3 Å². The molecule has 3 aliphatic carbocycles. The lowest BCUT2D eigenvalue weighted by molar-refractivity contribution is -0.117. The standard InChI is InChI=1S/C16H24O2/c1-3-10-11-8-9-16(2)13(5-7-15(16)18)12(11)4-6-14(10)17/h12-13,15,18H,3-9H2,1-2H3/t12-,13+,15+,16+/m1/s1. The van der Waals surface area contributed by atoms with Crippen LogP contribution in [-0.4, -0.2) is 17.0 Å². The van der Waals surface area contributed by atoms with E-state index in [9.17, 15) is 9.90 Å². The number of aliphatic hydroxyl groups excluding tert-OH is 1. The molecule has 2 heteroatoms. The predicted molar refractivity (Wildman–Crippen MR) is 71.1 cm³/mol. The second-order valence-corrected chi connectivity index (χ2v) is 6.63. The van der Waals surface area contributed by atoms with Gasteiger partial charge in [-0.3, -0.25) is 4.79 Å². The van der Waals surface area contributed by atoms with Gasteiger partial charge in [0.05, 0.1) is 6.10 Å². The lowest BCUT2D eigenvalue weighted by Gasteiger charge is -2.47. The smallest absolute Gasteiger partial charge is 0.158 e. The SMILES string of the molecule is CCC1=C2CC[C@]3(C)[C@@H](O)CC[C@H]3[C@@H]2CCC1=O. The fraction of sp³-hybridized carbons (Fsp3) is 0.812. The van der Waals surface area contributed by atoms with Crippen molar-refractivity contribution < 1.29 is 9.90 Å². The van der Waals surface area contributed by atoms with Crippen molar-refractivity contribution in [3.63, 3.8) is 0 Å². The topological polar surface area (TPSA) is 37.3 Å². The van der Waals surface area contributed by atoms with Gasteiger partial charge in [-0.1, -0.05) is 19.4 Å². The highest BCUT2D eigenvalue weighted by Gasteiger charge is 2.53. The zero-order valence-corrected chi connectivity index (χ0v) is 11.5. The second-order valence-electron chi connectivity index (χ2n) is 6.63. The monoisotopic (exact) mass is 248 g/mol. The Morgan fingerprint density at radius 1 is 1.28 bits per heavy atom. The van der Waals surface area contributed by atoms with Crippen molar-refractivity contribution in [1.29, 1.82) is 0 Å². The minimum absolute atomic E-state index is 0.118. The zero-order valence-electron chi connectivity index (χ0n) is 11.5. The van der Waals surface area contributed by atoms with E-state index in [2.05, 4.69) is 13.8 Å². The van der Waals surface area contributed by atoms with Gasteiger partial charge in [0.15, 0.2) is 5.78 Å². The summed E-state index contributed by atoms with van der Waals surface area (Å²) in [6, 6.07) is 0. The summed E-state index contributed by atoms with van der Waals surface area (Å²) >= 11 is 0. The molecule has 0 aromatic carbocycles. The number of rotatable bonds is 1. The Bertz CT molecular complexity index is 409. The van der Waals surface area contributed by atoms with Gasteiger partial charge in [0.1, 0.15) is 0 Å². The number of hydrogen-bond acceptors (Lipinski definition) is 2. The van der Waals surface area contributed by atoms with Crippen molar-refractivity contribution >= 4 is 5.78 Å². The van der Waals surface area contributed by atoms with Crippen molar-refractivity contribution in [3.8, 4) is 0 Å². The third-order valence-corrected chi connectivity index (χ3v) is 5.99. The molecule has 18 heavy (non-hydrogen) atoms. The summed E-state index contributed by atoms with van der Waals surface area (Å²) in [6.45, 7) is 4.38. The van der Waals surface area contributed by atoms with Crippen LogP contribution >= 0.6 is 0 Å².